The van der Waals surface area contributed by atoms with E-state index >= 15 is 0 Å². The molecular weight excluding hydrogens is 631 g/mol. The van der Waals surface area contributed by atoms with Crippen molar-refractivity contribution in [3.8, 4) is 0 Å². The maximum Gasteiger partial charge on any atom is 0.500 e. The Morgan fingerprint density at radius 1 is 0.533 bits per heavy atom. The van der Waals surface area contributed by atoms with Gasteiger partial charge in [0, 0.05) is 47.2 Å². The number of hydrogen-bond donors (Lipinski definition) is 6. The van der Waals surface area contributed by atoms with Crippen LogP contribution in [-0.2, 0) is 26.6 Å². The summed E-state index contributed by atoms with van der Waals surface area (Å²) in [5.41, 5.74) is 10.9. The first-order valence-electron chi connectivity index (χ1n) is 17.2. The molecule has 8 N–H and O–H groups in total. The van der Waals surface area contributed by atoms with Crippen LogP contribution in [0.5, 0.6) is 0 Å². The lowest BCUT2D eigenvalue weighted by atomic mass is 10.2. The molecule has 0 aliphatic carbocycles. The maximum atomic E-state index is 9.23. The first kappa shape index (κ1) is 49.6. The van der Waals surface area contributed by atoms with Crippen molar-refractivity contribution in [3.63, 3.8) is 0 Å². The third-order valence-corrected chi connectivity index (χ3v) is 17.0. The summed E-state index contributed by atoms with van der Waals surface area (Å²) in [5.74, 6) is 0. The van der Waals surface area contributed by atoms with Gasteiger partial charge in [-0.05, 0) is 84.7 Å². The Hall–Kier alpha value is 0.171. The van der Waals surface area contributed by atoms with E-state index in [1.807, 2.05) is 20.8 Å². The van der Waals surface area contributed by atoms with Gasteiger partial charge in [-0.25, -0.2) is 0 Å². The summed E-state index contributed by atoms with van der Waals surface area (Å²) in [6, 6.07) is 2.50. The van der Waals surface area contributed by atoms with Crippen LogP contribution in [0.1, 0.15) is 91.9 Å². The SMILES string of the molecule is CCCCCCNCCC[Si](CO)(CO)OC.CCO[Si](CCCN)(OCC)OCC.CO[Si](CO)(CCCCCCN)OC. The van der Waals surface area contributed by atoms with Crippen molar-refractivity contribution in [1.29, 1.82) is 0 Å². The van der Waals surface area contributed by atoms with Gasteiger partial charge in [-0.2, -0.15) is 0 Å². The van der Waals surface area contributed by atoms with Crippen LogP contribution in [0.2, 0.25) is 18.1 Å². The van der Waals surface area contributed by atoms with Gasteiger partial charge in [0.2, 0.25) is 8.32 Å². The standard InChI is InChI=1S/C12H29NO3Si.2C9H23NO3Si/c1-3-4-5-6-8-13-9-7-10-17(11-14,12-15)16-2;1-12-14(9-11,13-2)8-6-4-3-5-7-10;1-4-11-14(12-5-2,13-6-3)9-7-8-10/h13-15H,3-12H2,1-2H3;11H,3-10H2,1-2H3;4-10H2,1-3H3. The molecule has 0 saturated heterocycles. The van der Waals surface area contributed by atoms with E-state index in [1.54, 1.807) is 21.3 Å². The smallest absolute Gasteiger partial charge is 0.415 e. The van der Waals surface area contributed by atoms with Gasteiger partial charge >= 0.3 is 17.4 Å². The van der Waals surface area contributed by atoms with Crippen LogP contribution in [0.3, 0.4) is 0 Å². The van der Waals surface area contributed by atoms with Crippen molar-refractivity contribution >= 4 is 25.7 Å². The van der Waals surface area contributed by atoms with Gasteiger partial charge in [0.1, 0.15) is 0 Å². The van der Waals surface area contributed by atoms with Gasteiger partial charge in [0.05, 0.1) is 18.7 Å². The predicted molar refractivity (Wildman–Crippen MR) is 192 cm³/mol. The molecular formula is C30H75N3O9Si3. The average Bonchev–Trinajstić information content (AvgIpc) is 3.06. The normalized spacial score (nSPS) is 12.0. The Bertz CT molecular complexity index is 550. The van der Waals surface area contributed by atoms with Crippen LogP contribution in [0.25, 0.3) is 0 Å². The number of hydrogen-bond acceptors (Lipinski definition) is 12. The maximum absolute atomic E-state index is 9.23. The molecule has 0 aliphatic rings. The summed E-state index contributed by atoms with van der Waals surface area (Å²) in [4.78, 5) is 0. The molecule has 0 aromatic rings. The molecule has 0 spiro atoms. The fourth-order valence-electron chi connectivity index (χ4n) is 4.48. The summed E-state index contributed by atoms with van der Waals surface area (Å²) < 4.78 is 32.8. The molecule has 0 amide bonds. The van der Waals surface area contributed by atoms with E-state index < -0.39 is 25.7 Å². The van der Waals surface area contributed by atoms with E-state index in [-0.39, 0.29) is 18.7 Å². The molecule has 0 aromatic heterocycles. The molecule has 0 fully saturated rings. The van der Waals surface area contributed by atoms with Crippen molar-refractivity contribution in [2.75, 3.05) is 86.0 Å². The Kier molecular flexibility index (Phi) is 39.1. The molecule has 0 unspecified atom stereocenters. The van der Waals surface area contributed by atoms with Crippen LogP contribution in [0.15, 0.2) is 0 Å². The summed E-state index contributed by atoms with van der Waals surface area (Å²) >= 11 is 0. The number of nitrogens with two attached hydrogens (primary N) is 2. The zero-order valence-electron chi connectivity index (χ0n) is 30.2. The largest absolute Gasteiger partial charge is 0.500 e. The number of nitrogens with one attached hydrogen (secondary N) is 1. The molecule has 276 valence electrons. The first-order chi connectivity index (χ1) is 21.7. The van der Waals surface area contributed by atoms with Gasteiger partial charge in [-0.15, -0.1) is 0 Å². The van der Waals surface area contributed by atoms with Gasteiger partial charge in [-0.1, -0.05) is 45.4 Å². The highest BCUT2D eigenvalue weighted by atomic mass is 28.4. The molecule has 0 bridgehead atoms. The van der Waals surface area contributed by atoms with E-state index in [4.69, 9.17) is 38.0 Å². The Labute approximate surface area is 280 Å². The van der Waals surface area contributed by atoms with Gasteiger partial charge in [0.25, 0.3) is 0 Å². The lowest BCUT2D eigenvalue weighted by Crippen LogP contribution is -2.46. The average molecular weight is 706 g/mol. The van der Waals surface area contributed by atoms with Crippen LogP contribution < -0.4 is 16.8 Å². The fourth-order valence-corrected chi connectivity index (χ4v) is 10.6. The minimum atomic E-state index is -2.40. The van der Waals surface area contributed by atoms with E-state index in [2.05, 4.69) is 12.2 Å². The second-order valence-electron chi connectivity index (χ2n) is 10.9. The topological polar surface area (TPSA) is 180 Å². The number of rotatable bonds is 30. The second kappa shape index (κ2) is 35.5. The highest BCUT2D eigenvalue weighted by molar-refractivity contribution is 6.73. The number of aliphatic hydroxyl groups excluding tert-OH is 3. The first-order valence-corrected chi connectivity index (χ1v) is 23.9. The van der Waals surface area contributed by atoms with E-state index in [9.17, 15) is 15.3 Å². The summed E-state index contributed by atoms with van der Waals surface area (Å²) in [6.07, 6.45) is 11.5. The van der Waals surface area contributed by atoms with Gasteiger partial charge < -0.3 is 58.7 Å². The quantitative estimate of drug-likeness (QED) is 0.0475. The van der Waals surface area contributed by atoms with E-state index in [0.717, 1.165) is 76.3 Å². The Morgan fingerprint density at radius 3 is 1.47 bits per heavy atom. The van der Waals surface area contributed by atoms with Gasteiger partial charge in [-0.3, -0.25) is 0 Å². The van der Waals surface area contributed by atoms with Crippen molar-refractivity contribution in [2.45, 2.75) is 110 Å². The third-order valence-electron chi connectivity index (χ3n) is 7.48. The fraction of sp³-hybridized carbons (Fsp3) is 1.00. The number of aliphatic hydroxyl groups is 3. The zero-order valence-corrected chi connectivity index (χ0v) is 33.2. The van der Waals surface area contributed by atoms with Crippen LogP contribution in [0.4, 0.5) is 0 Å². The van der Waals surface area contributed by atoms with E-state index in [1.165, 1.54) is 25.7 Å². The molecule has 0 aliphatic heterocycles. The molecule has 12 nitrogen and oxygen atoms in total. The molecule has 0 rings (SSSR count). The molecule has 0 radical (unpaired) electrons. The minimum Gasteiger partial charge on any atom is -0.415 e. The summed E-state index contributed by atoms with van der Waals surface area (Å²) in [5, 5.41) is 31.0. The number of unbranched alkanes of at least 4 members (excludes halogenated alkanes) is 6. The lowest BCUT2D eigenvalue weighted by Gasteiger charge is -2.28. The van der Waals surface area contributed by atoms with Crippen molar-refractivity contribution in [3.05, 3.63) is 0 Å². The monoisotopic (exact) mass is 705 g/mol. The molecule has 0 heterocycles. The zero-order chi connectivity index (χ0) is 34.7. The highest BCUT2D eigenvalue weighted by Gasteiger charge is 2.39. The highest BCUT2D eigenvalue weighted by Crippen LogP contribution is 2.18. The van der Waals surface area contributed by atoms with Crippen molar-refractivity contribution in [2.24, 2.45) is 11.5 Å². The molecule has 0 atom stereocenters. The summed E-state index contributed by atoms with van der Waals surface area (Å²) in [7, 11) is -2.05. The second-order valence-corrected chi connectivity index (χ2v) is 21.0. The lowest BCUT2D eigenvalue weighted by molar-refractivity contribution is 0.0710. The van der Waals surface area contributed by atoms with Crippen LogP contribution >= 0.6 is 0 Å². The van der Waals surface area contributed by atoms with Crippen LogP contribution in [0, 0.1) is 0 Å². The molecule has 0 saturated carbocycles. The summed E-state index contributed by atoms with van der Waals surface area (Å²) in [6.45, 7) is 13.4. The minimum absolute atomic E-state index is 0.0104. The molecule has 15 heteroatoms. The van der Waals surface area contributed by atoms with Crippen molar-refractivity contribution in [1.82, 2.24) is 5.32 Å². The predicted octanol–water partition coefficient (Wildman–Crippen LogP) is 3.36. The Morgan fingerprint density at radius 2 is 1.04 bits per heavy atom. The Balaban J connectivity index is -0.000000592. The van der Waals surface area contributed by atoms with E-state index in [0.29, 0.717) is 26.4 Å². The van der Waals surface area contributed by atoms with Crippen LogP contribution in [-0.4, -0.2) is 127 Å². The van der Waals surface area contributed by atoms with Crippen molar-refractivity contribution < 1.29 is 41.9 Å². The molecule has 0 aromatic carbocycles. The third kappa shape index (κ3) is 26.8. The van der Waals surface area contributed by atoms with Gasteiger partial charge in [0.15, 0.2) is 0 Å². The molecule has 45 heavy (non-hydrogen) atoms.